The minimum absolute atomic E-state index is 0.293. The van der Waals surface area contributed by atoms with E-state index in [2.05, 4.69) is 20.9 Å². The fourth-order valence-electron chi connectivity index (χ4n) is 2.02. The van der Waals surface area contributed by atoms with Crippen molar-refractivity contribution in [2.75, 3.05) is 5.73 Å². The van der Waals surface area contributed by atoms with Gasteiger partial charge in [-0.3, -0.25) is 4.79 Å². The first-order valence-electron chi connectivity index (χ1n) is 6.04. The lowest BCUT2D eigenvalue weighted by atomic mass is 10.0. The van der Waals surface area contributed by atoms with Crippen LogP contribution >= 0.6 is 27.5 Å². The van der Waals surface area contributed by atoms with E-state index in [1.807, 2.05) is 12.3 Å². The summed E-state index contributed by atoms with van der Waals surface area (Å²) in [6, 6.07) is 7.23. The molecule has 0 aliphatic carbocycles. The molecular formula is C14H14BrClN2O2. The van der Waals surface area contributed by atoms with Crippen molar-refractivity contribution in [3.05, 3.63) is 51.2 Å². The van der Waals surface area contributed by atoms with Gasteiger partial charge in [-0.15, -0.1) is 0 Å². The van der Waals surface area contributed by atoms with Crippen molar-refractivity contribution < 1.29 is 9.53 Å². The molecule has 0 saturated carbocycles. The van der Waals surface area contributed by atoms with Crippen molar-refractivity contribution in [3.63, 3.8) is 0 Å². The fourth-order valence-corrected chi connectivity index (χ4v) is 2.60. The van der Waals surface area contributed by atoms with Crippen LogP contribution in [0.2, 0.25) is 5.02 Å². The number of benzene rings is 1. The minimum Gasteiger partial charge on any atom is -0.464 e. The van der Waals surface area contributed by atoms with Gasteiger partial charge < -0.3 is 15.5 Å². The molecule has 1 aromatic carbocycles. The maximum atomic E-state index is 10.7. The SMILES string of the molecule is Nc1ccc(Cl)cc1CC(Cc1cc(Br)c[nH]1)OC=O. The summed E-state index contributed by atoms with van der Waals surface area (Å²) < 4.78 is 6.10. The Bertz CT molecular complexity index is 601. The number of halogens is 2. The number of rotatable bonds is 6. The van der Waals surface area contributed by atoms with Crippen molar-refractivity contribution >= 4 is 39.7 Å². The Balaban J connectivity index is 2.12. The number of aromatic amines is 1. The molecule has 0 bridgehead atoms. The number of nitrogens with one attached hydrogen (secondary N) is 1. The second-order valence-electron chi connectivity index (χ2n) is 4.45. The molecule has 3 N–H and O–H groups in total. The molecule has 1 atom stereocenters. The van der Waals surface area contributed by atoms with E-state index in [4.69, 9.17) is 22.1 Å². The van der Waals surface area contributed by atoms with Gasteiger partial charge in [0.1, 0.15) is 6.10 Å². The van der Waals surface area contributed by atoms with Gasteiger partial charge in [-0.1, -0.05) is 11.6 Å². The molecular weight excluding hydrogens is 344 g/mol. The summed E-state index contributed by atoms with van der Waals surface area (Å²) in [6.07, 6.45) is 2.64. The quantitative estimate of drug-likeness (QED) is 0.615. The van der Waals surface area contributed by atoms with Crippen LogP contribution in [0.4, 0.5) is 5.69 Å². The third-order valence-electron chi connectivity index (χ3n) is 2.96. The van der Waals surface area contributed by atoms with Crippen LogP contribution in [0.1, 0.15) is 11.3 Å². The van der Waals surface area contributed by atoms with Gasteiger partial charge >= 0.3 is 0 Å². The van der Waals surface area contributed by atoms with E-state index in [1.165, 1.54) is 0 Å². The number of anilines is 1. The molecule has 0 saturated heterocycles. The fraction of sp³-hybridized carbons (Fsp3) is 0.214. The molecule has 2 rings (SSSR count). The van der Waals surface area contributed by atoms with Gasteiger partial charge in [-0.25, -0.2) is 0 Å². The summed E-state index contributed by atoms with van der Waals surface area (Å²) in [4.78, 5) is 13.8. The van der Waals surface area contributed by atoms with Crippen LogP contribution in [0.3, 0.4) is 0 Å². The summed E-state index contributed by atoms with van der Waals surface area (Å²) in [5.74, 6) is 0. The third kappa shape index (κ3) is 4.02. The summed E-state index contributed by atoms with van der Waals surface area (Å²) in [7, 11) is 0. The number of nitrogens with two attached hydrogens (primary N) is 1. The standard InChI is InChI=1S/C14H14BrClN2O2/c15-10-5-12(18-7-10)6-13(20-8-19)4-9-3-11(16)1-2-14(9)17/h1-3,5,7-8,13,18H,4,6,17H2. The van der Waals surface area contributed by atoms with Crippen LogP contribution in [0.5, 0.6) is 0 Å². The Morgan fingerprint density at radius 3 is 2.85 bits per heavy atom. The Kier molecular flexibility index (Phi) is 5.09. The van der Waals surface area contributed by atoms with Gasteiger partial charge in [0, 0.05) is 39.9 Å². The van der Waals surface area contributed by atoms with E-state index in [0.717, 1.165) is 15.7 Å². The van der Waals surface area contributed by atoms with Gasteiger partial charge in [0.15, 0.2) is 0 Å². The molecule has 1 unspecified atom stereocenters. The maximum absolute atomic E-state index is 10.7. The lowest BCUT2D eigenvalue weighted by molar-refractivity contribution is -0.133. The average molecular weight is 358 g/mol. The monoisotopic (exact) mass is 356 g/mol. The predicted molar refractivity (Wildman–Crippen MR) is 82.7 cm³/mol. The lowest BCUT2D eigenvalue weighted by Gasteiger charge is -2.16. The van der Waals surface area contributed by atoms with E-state index in [9.17, 15) is 4.79 Å². The Labute approximate surface area is 130 Å². The molecule has 6 heteroatoms. The highest BCUT2D eigenvalue weighted by atomic mass is 79.9. The molecule has 20 heavy (non-hydrogen) atoms. The number of hydrogen-bond donors (Lipinski definition) is 2. The van der Waals surface area contributed by atoms with Crippen LogP contribution in [0.15, 0.2) is 34.9 Å². The molecule has 0 fully saturated rings. The number of nitrogen functional groups attached to an aromatic ring is 1. The summed E-state index contributed by atoms with van der Waals surface area (Å²) in [5, 5.41) is 0.613. The second kappa shape index (κ2) is 6.81. The number of hydrogen-bond acceptors (Lipinski definition) is 3. The molecule has 106 valence electrons. The molecule has 1 heterocycles. The van der Waals surface area contributed by atoms with Crippen molar-refractivity contribution in [1.29, 1.82) is 0 Å². The normalized spacial score (nSPS) is 12.1. The summed E-state index contributed by atoms with van der Waals surface area (Å²) in [5.41, 5.74) is 8.40. The number of carbonyl (C=O) groups is 1. The largest absolute Gasteiger partial charge is 0.464 e. The molecule has 2 aromatic rings. The summed E-state index contributed by atoms with van der Waals surface area (Å²) >= 11 is 9.33. The highest BCUT2D eigenvalue weighted by Gasteiger charge is 2.14. The zero-order valence-corrected chi connectivity index (χ0v) is 12.9. The second-order valence-corrected chi connectivity index (χ2v) is 5.80. The van der Waals surface area contributed by atoms with Crippen molar-refractivity contribution in [2.45, 2.75) is 18.9 Å². The molecule has 0 spiro atoms. The highest BCUT2D eigenvalue weighted by Crippen LogP contribution is 2.21. The third-order valence-corrected chi connectivity index (χ3v) is 3.65. The number of carbonyl (C=O) groups excluding carboxylic acids is 1. The Morgan fingerprint density at radius 2 is 2.20 bits per heavy atom. The summed E-state index contributed by atoms with van der Waals surface area (Å²) in [6.45, 7) is 0.462. The van der Waals surface area contributed by atoms with E-state index in [-0.39, 0.29) is 6.10 Å². The molecule has 0 amide bonds. The van der Waals surface area contributed by atoms with Gasteiger partial charge in [0.25, 0.3) is 6.47 Å². The van der Waals surface area contributed by atoms with Crippen LogP contribution in [0.25, 0.3) is 0 Å². The zero-order valence-electron chi connectivity index (χ0n) is 10.6. The number of H-pyrrole nitrogens is 1. The van der Waals surface area contributed by atoms with E-state index >= 15 is 0 Å². The minimum atomic E-state index is -0.293. The topological polar surface area (TPSA) is 68.1 Å². The van der Waals surface area contributed by atoms with Gasteiger partial charge in [-0.05, 0) is 45.8 Å². The first-order chi connectivity index (χ1) is 9.58. The van der Waals surface area contributed by atoms with Crippen molar-refractivity contribution in [1.82, 2.24) is 4.98 Å². The first kappa shape index (κ1) is 14.9. The van der Waals surface area contributed by atoms with E-state index in [0.29, 0.717) is 30.0 Å². The van der Waals surface area contributed by atoms with Crippen molar-refractivity contribution in [3.8, 4) is 0 Å². The zero-order chi connectivity index (χ0) is 14.5. The molecule has 0 aliphatic rings. The van der Waals surface area contributed by atoms with E-state index < -0.39 is 0 Å². The molecule has 0 aliphatic heterocycles. The maximum Gasteiger partial charge on any atom is 0.293 e. The first-order valence-corrected chi connectivity index (χ1v) is 7.21. The Hall–Kier alpha value is -1.46. The Morgan fingerprint density at radius 1 is 1.40 bits per heavy atom. The van der Waals surface area contributed by atoms with Crippen LogP contribution in [-0.4, -0.2) is 17.6 Å². The highest BCUT2D eigenvalue weighted by molar-refractivity contribution is 9.10. The average Bonchev–Trinajstić information content (AvgIpc) is 2.79. The van der Waals surface area contributed by atoms with Crippen LogP contribution < -0.4 is 5.73 Å². The number of aromatic nitrogens is 1. The molecule has 4 nitrogen and oxygen atoms in total. The van der Waals surface area contributed by atoms with Crippen LogP contribution in [0, 0.1) is 0 Å². The number of ether oxygens (including phenoxy) is 1. The lowest BCUT2D eigenvalue weighted by Crippen LogP contribution is -2.19. The van der Waals surface area contributed by atoms with Gasteiger partial charge in [0.05, 0.1) is 0 Å². The predicted octanol–water partition coefficient (Wildman–Crippen LogP) is 3.34. The smallest absolute Gasteiger partial charge is 0.293 e. The van der Waals surface area contributed by atoms with Crippen LogP contribution in [-0.2, 0) is 22.4 Å². The van der Waals surface area contributed by atoms with Gasteiger partial charge in [0.2, 0.25) is 0 Å². The van der Waals surface area contributed by atoms with Gasteiger partial charge in [-0.2, -0.15) is 0 Å². The molecule has 1 aromatic heterocycles. The van der Waals surface area contributed by atoms with Crippen molar-refractivity contribution in [2.24, 2.45) is 0 Å². The van der Waals surface area contributed by atoms with E-state index in [1.54, 1.807) is 18.2 Å². The molecule has 0 radical (unpaired) electrons.